The minimum Gasteiger partial charge on any atom is -0.265 e. The van der Waals surface area contributed by atoms with E-state index in [1.54, 1.807) is 0 Å². The summed E-state index contributed by atoms with van der Waals surface area (Å²) >= 11 is 0. The van der Waals surface area contributed by atoms with E-state index < -0.39 is 0 Å². The molecule has 0 N–H and O–H groups in total. The van der Waals surface area contributed by atoms with Crippen molar-refractivity contribution in [2.45, 2.75) is 13.3 Å². The molecule has 3 aromatic rings. The van der Waals surface area contributed by atoms with Crippen molar-refractivity contribution in [2.75, 3.05) is 0 Å². The average Bonchev–Trinajstić information content (AvgIpc) is 2.46. The van der Waals surface area contributed by atoms with Crippen LogP contribution in [0.1, 0.15) is 12.5 Å². The Kier molecular flexibility index (Phi) is 2.77. The second-order valence-corrected chi connectivity index (χ2v) is 4.28. The first-order valence-electron chi connectivity index (χ1n) is 6.17. The van der Waals surface area contributed by atoms with Crippen molar-refractivity contribution >= 4 is 10.9 Å². The first kappa shape index (κ1) is 10.9. The summed E-state index contributed by atoms with van der Waals surface area (Å²) < 4.78 is 0. The Morgan fingerprint density at radius 3 is 2.56 bits per heavy atom. The maximum absolute atomic E-state index is 4.79. The molecular weight excluding hydrogens is 220 g/mol. The van der Waals surface area contributed by atoms with Gasteiger partial charge in [0.15, 0.2) is 0 Å². The lowest BCUT2D eigenvalue weighted by Crippen LogP contribution is -1.93. The van der Waals surface area contributed by atoms with Crippen LogP contribution in [-0.4, -0.2) is 9.97 Å². The van der Waals surface area contributed by atoms with E-state index in [4.69, 9.17) is 4.98 Å². The van der Waals surface area contributed by atoms with Gasteiger partial charge < -0.3 is 0 Å². The average molecular weight is 234 g/mol. The van der Waals surface area contributed by atoms with Gasteiger partial charge in [0.05, 0.1) is 11.2 Å². The number of hydrogen-bond acceptors (Lipinski definition) is 2. The van der Waals surface area contributed by atoms with Gasteiger partial charge in [0.1, 0.15) is 0 Å². The van der Waals surface area contributed by atoms with Crippen molar-refractivity contribution in [1.82, 2.24) is 9.97 Å². The SMILES string of the molecule is CCc1cc2ccccc2nc1-c1ccncc1. The summed E-state index contributed by atoms with van der Waals surface area (Å²) in [6.45, 7) is 2.16. The van der Waals surface area contributed by atoms with Crippen LogP contribution in [-0.2, 0) is 6.42 Å². The van der Waals surface area contributed by atoms with Gasteiger partial charge in [-0.05, 0) is 36.2 Å². The predicted molar refractivity (Wildman–Crippen MR) is 74.4 cm³/mol. The van der Waals surface area contributed by atoms with Crippen LogP contribution in [0, 0.1) is 0 Å². The highest BCUT2D eigenvalue weighted by Crippen LogP contribution is 2.25. The van der Waals surface area contributed by atoms with E-state index in [-0.39, 0.29) is 0 Å². The highest BCUT2D eigenvalue weighted by Gasteiger charge is 2.07. The van der Waals surface area contributed by atoms with E-state index >= 15 is 0 Å². The quantitative estimate of drug-likeness (QED) is 0.673. The summed E-state index contributed by atoms with van der Waals surface area (Å²) in [6.07, 6.45) is 4.60. The van der Waals surface area contributed by atoms with E-state index in [1.807, 2.05) is 30.6 Å². The van der Waals surface area contributed by atoms with Crippen LogP contribution in [0.15, 0.2) is 54.9 Å². The van der Waals surface area contributed by atoms with Crippen molar-refractivity contribution < 1.29 is 0 Å². The largest absolute Gasteiger partial charge is 0.265 e. The van der Waals surface area contributed by atoms with Crippen molar-refractivity contribution in [2.24, 2.45) is 0 Å². The van der Waals surface area contributed by atoms with Crippen LogP contribution in [0.4, 0.5) is 0 Å². The molecule has 1 aromatic carbocycles. The lowest BCUT2D eigenvalue weighted by atomic mass is 10.0. The Morgan fingerprint density at radius 1 is 1.00 bits per heavy atom. The highest BCUT2D eigenvalue weighted by atomic mass is 14.7. The predicted octanol–water partition coefficient (Wildman–Crippen LogP) is 3.86. The van der Waals surface area contributed by atoms with Crippen molar-refractivity contribution in [1.29, 1.82) is 0 Å². The normalized spacial score (nSPS) is 10.7. The monoisotopic (exact) mass is 234 g/mol. The Balaban J connectivity index is 2.27. The number of aryl methyl sites for hydroxylation is 1. The van der Waals surface area contributed by atoms with Crippen molar-refractivity contribution in [3.63, 3.8) is 0 Å². The molecule has 0 aliphatic carbocycles. The first-order valence-corrected chi connectivity index (χ1v) is 6.17. The van der Waals surface area contributed by atoms with Gasteiger partial charge in [-0.1, -0.05) is 25.1 Å². The maximum Gasteiger partial charge on any atom is 0.0742 e. The zero-order valence-corrected chi connectivity index (χ0v) is 10.3. The Morgan fingerprint density at radius 2 is 1.78 bits per heavy atom. The Hall–Kier alpha value is -2.22. The third-order valence-electron chi connectivity index (χ3n) is 3.14. The Labute approximate surface area is 106 Å². The van der Waals surface area contributed by atoms with Crippen LogP contribution in [0.3, 0.4) is 0 Å². The van der Waals surface area contributed by atoms with E-state index in [0.29, 0.717) is 0 Å². The molecular formula is C16H14N2. The lowest BCUT2D eigenvalue weighted by Gasteiger charge is -2.09. The van der Waals surface area contributed by atoms with E-state index in [9.17, 15) is 0 Å². The number of benzene rings is 1. The van der Waals surface area contributed by atoms with E-state index in [2.05, 4.69) is 36.2 Å². The maximum atomic E-state index is 4.79. The third kappa shape index (κ3) is 1.86. The number of fused-ring (bicyclic) bond motifs is 1. The molecule has 0 saturated heterocycles. The fraction of sp³-hybridized carbons (Fsp3) is 0.125. The first-order chi connectivity index (χ1) is 8.88. The van der Waals surface area contributed by atoms with Gasteiger partial charge in [-0.15, -0.1) is 0 Å². The fourth-order valence-electron chi connectivity index (χ4n) is 2.19. The topological polar surface area (TPSA) is 25.8 Å². The number of pyridine rings is 2. The summed E-state index contributed by atoms with van der Waals surface area (Å²) in [7, 11) is 0. The standard InChI is InChI=1S/C16H14N2/c1-2-12-11-14-5-3-4-6-15(14)18-16(12)13-7-9-17-10-8-13/h3-11H,2H2,1H3. The fourth-order valence-corrected chi connectivity index (χ4v) is 2.19. The molecule has 3 rings (SSSR count). The molecule has 88 valence electrons. The van der Waals surface area contributed by atoms with Crippen LogP contribution in [0.25, 0.3) is 22.2 Å². The molecule has 2 aromatic heterocycles. The molecule has 0 bridgehead atoms. The smallest absolute Gasteiger partial charge is 0.0742 e. The number of nitrogens with zero attached hydrogens (tertiary/aromatic N) is 2. The minimum atomic E-state index is 0.982. The summed E-state index contributed by atoms with van der Waals surface area (Å²) in [4.78, 5) is 8.85. The molecule has 0 saturated carbocycles. The highest BCUT2D eigenvalue weighted by molar-refractivity contribution is 5.83. The molecule has 2 heteroatoms. The van der Waals surface area contributed by atoms with Gasteiger partial charge in [-0.25, -0.2) is 4.98 Å². The van der Waals surface area contributed by atoms with Crippen molar-refractivity contribution in [3.8, 4) is 11.3 Å². The number of aromatic nitrogens is 2. The summed E-state index contributed by atoms with van der Waals surface area (Å²) in [5.41, 5.74) is 4.52. The van der Waals surface area contributed by atoms with Crippen molar-refractivity contribution in [3.05, 3.63) is 60.4 Å². The molecule has 0 aliphatic rings. The molecule has 2 nitrogen and oxygen atoms in total. The summed E-state index contributed by atoms with van der Waals surface area (Å²) in [5, 5.41) is 1.20. The molecule has 0 amide bonds. The second-order valence-electron chi connectivity index (χ2n) is 4.28. The summed E-state index contributed by atoms with van der Waals surface area (Å²) in [6, 6.07) is 14.5. The molecule has 0 aliphatic heterocycles. The molecule has 0 spiro atoms. The second kappa shape index (κ2) is 4.57. The zero-order chi connectivity index (χ0) is 12.4. The van der Waals surface area contributed by atoms with Gasteiger partial charge in [0.2, 0.25) is 0 Å². The van der Waals surface area contributed by atoms with E-state index in [1.165, 1.54) is 10.9 Å². The zero-order valence-electron chi connectivity index (χ0n) is 10.3. The molecule has 0 fully saturated rings. The lowest BCUT2D eigenvalue weighted by molar-refractivity contribution is 1.12. The number of hydrogen-bond donors (Lipinski definition) is 0. The third-order valence-corrected chi connectivity index (χ3v) is 3.14. The number of rotatable bonds is 2. The molecule has 18 heavy (non-hydrogen) atoms. The van der Waals surface area contributed by atoms with Gasteiger partial charge in [-0.2, -0.15) is 0 Å². The minimum absolute atomic E-state index is 0.982. The van der Waals surface area contributed by atoms with Gasteiger partial charge in [-0.3, -0.25) is 4.98 Å². The molecule has 0 atom stereocenters. The van der Waals surface area contributed by atoms with Gasteiger partial charge >= 0.3 is 0 Å². The summed E-state index contributed by atoms with van der Waals surface area (Å²) in [5.74, 6) is 0. The van der Waals surface area contributed by atoms with E-state index in [0.717, 1.165) is 23.2 Å². The van der Waals surface area contributed by atoms with Crippen LogP contribution in [0.5, 0.6) is 0 Å². The molecule has 0 radical (unpaired) electrons. The molecule has 0 unspecified atom stereocenters. The van der Waals surface area contributed by atoms with Crippen LogP contribution in [0.2, 0.25) is 0 Å². The molecule has 2 heterocycles. The van der Waals surface area contributed by atoms with Gasteiger partial charge in [0.25, 0.3) is 0 Å². The van der Waals surface area contributed by atoms with Crippen LogP contribution >= 0.6 is 0 Å². The Bertz CT molecular complexity index is 675. The number of para-hydroxylation sites is 1. The van der Waals surface area contributed by atoms with Crippen LogP contribution < -0.4 is 0 Å². The van der Waals surface area contributed by atoms with Gasteiger partial charge in [0, 0.05) is 23.3 Å².